The van der Waals surface area contributed by atoms with Crippen LogP contribution in [0.15, 0.2) is 12.4 Å². The van der Waals surface area contributed by atoms with Crippen molar-refractivity contribution < 1.29 is 9.84 Å². The van der Waals surface area contributed by atoms with E-state index in [0.717, 1.165) is 0 Å². The predicted molar refractivity (Wildman–Crippen MR) is 34.5 cm³/mol. The second-order valence-electron chi connectivity index (χ2n) is 1.71. The van der Waals surface area contributed by atoms with Gasteiger partial charge in [0.05, 0.1) is 31.8 Å². The summed E-state index contributed by atoms with van der Waals surface area (Å²) in [5.74, 6) is 0.456. The summed E-state index contributed by atoms with van der Waals surface area (Å²) in [7, 11) is 1.52. The lowest BCUT2D eigenvalue weighted by molar-refractivity contribution is 0.275. The monoisotopic (exact) mass is 140 g/mol. The highest BCUT2D eigenvalue weighted by Gasteiger charge is 1.92. The van der Waals surface area contributed by atoms with Crippen LogP contribution in [0.2, 0.25) is 0 Å². The third-order valence-electron chi connectivity index (χ3n) is 1.05. The number of hydrogen-bond acceptors (Lipinski definition) is 4. The molecule has 4 heteroatoms. The predicted octanol–water partition coefficient (Wildman–Crippen LogP) is -0.0225. The molecule has 0 saturated heterocycles. The highest BCUT2D eigenvalue weighted by Crippen LogP contribution is 2.01. The fourth-order valence-electron chi connectivity index (χ4n) is 0.530. The standard InChI is InChI=1S/C6H8N2O2/c1-10-6-3-7-5(4-9)2-8-6/h2-3,9H,4H2,1H3. The van der Waals surface area contributed by atoms with Gasteiger partial charge in [0, 0.05) is 0 Å². The van der Waals surface area contributed by atoms with Crippen LogP contribution in [0.5, 0.6) is 5.88 Å². The lowest BCUT2D eigenvalue weighted by Gasteiger charge is -1.96. The molecule has 0 aliphatic rings. The van der Waals surface area contributed by atoms with Crippen molar-refractivity contribution in [3.63, 3.8) is 0 Å². The summed E-state index contributed by atoms with van der Waals surface area (Å²) in [5.41, 5.74) is 0.542. The fraction of sp³-hybridized carbons (Fsp3) is 0.333. The first-order valence-electron chi connectivity index (χ1n) is 2.82. The molecular weight excluding hydrogens is 132 g/mol. The topological polar surface area (TPSA) is 55.2 Å². The zero-order valence-corrected chi connectivity index (χ0v) is 5.61. The van der Waals surface area contributed by atoms with E-state index in [-0.39, 0.29) is 6.61 Å². The summed E-state index contributed by atoms with van der Waals surface area (Å²) < 4.78 is 4.76. The van der Waals surface area contributed by atoms with E-state index in [9.17, 15) is 0 Å². The number of aliphatic hydroxyl groups excluding tert-OH is 1. The number of aromatic nitrogens is 2. The van der Waals surface area contributed by atoms with Crippen LogP contribution < -0.4 is 4.74 Å². The Morgan fingerprint density at radius 2 is 2.30 bits per heavy atom. The summed E-state index contributed by atoms with van der Waals surface area (Å²) in [6, 6.07) is 0. The summed E-state index contributed by atoms with van der Waals surface area (Å²) in [6.07, 6.45) is 2.93. The molecule has 0 saturated carbocycles. The van der Waals surface area contributed by atoms with Crippen molar-refractivity contribution in [3.8, 4) is 5.88 Å². The molecule has 0 radical (unpaired) electrons. The number of nitrogens with zero attached hydrogens (tertiary/aromatic N) is 2. The van der Waals surface area contributed by atoms with E-state index in [1.54, 1.807) is 0 Å². The molecule has 0 spiro atoms. The van der Waals surface area contributed by atoms with Crippen LogP contribution in [0, 0.1) is 0 Å². The highest BCUT2D eigenvalue weighted by molar-refractivity contribution is 5.05. The number of aliphatic hydroxyl groups is 1. The van der Waals surface area contributed by atoms with Crippen molar-refractivity contribution in [2.75, 3.05) is 7.11 Å². The second-order valence-corrected chi connectivity index (χ2v) is 1.71. The average molecular weight is 140 g/mol. The maximum atomic E-state index is 8.56. The molecule has 0 atom stereocenters. The lowest BCUT2D eigenvalue weighted by Crippen LogP contribution is -1.93. The van der Waals surface area contributed by atoms with Crippen LogP contribution >= 0.6 is 0 Å². The molecule has 1 N–H and O–H groups in total. The Kier molecular flexibility index (Phi) is 2.17. The van der Waals surface area contributed by atoms with Crippen molar-refractivity contribution in [2.45, 2.75) is 6.61 Å². The maximum Gasteiger partial charge on any atom is 0.231 e. The molecule has 1 rings (SSSR count). The van der Waals surface area contributed by atoms with E-state index in [1.807, 2.05) is 0 Å². The van der Waals surface area contributed by atoms with Crippen LogP contribution in [0.3, 0.4) is 0 Å². The molecule has 0 fully saturated rings. The third kappa shape index (κ3) is 1.41. The molecule has 4 nitrogen and oxygen atoms in total. The summed E-state index contributed by atoms with van der Waals surface area (Å²) >= 11 is 0. The number of hydrogen-bond donors (Lipinski definition) is 1. The molecule has 0 bridgehead atoms. The Bertz CT molecular complexity index is 174. The Hall–Kier alpha value is -1.16. The van der Waals surface area contributed by atoms with Crippen molar-refractivity contribution in [2.24, 2.45) is 0 Å². The first-order valence-corrected chi connectivity index (χ1v) is 2.82. The van der Waals surface area contributed by atoms with Crippen molar-refractivity contribution in [1.82, 2.24) is 9.97 Å². The van der Waals surface area contributed by atoms with E-state index in [2.05, 4.69) is 9.97 Å². The molecule has 10 heavy (non-hydrogen) atoms. The maximum absolute atomic E-state index is 8.56. The van der Waals surface area contributed by atoms with Gasteiger partial charge in [0.1, 0.15) is 0 Å². The van der Waals surface area contributed by atoms with Crippen LogP contribution in [-0.4, -0.2) is 22.2 Å². The molecule has 0 aliphatic carbocycles. The lowest BCUT2D eigenvalue weighted by atomic mass is 10.5. The second kappa shape index (κ2) is 3.12. The van der Waals surface area contributed by atoms with Gasteiger partial charge in [-0.05, 0) is 0 Å². The van der Waals surface area contributed by atoms with Crippen LogP contribution in [-0.2, 0) is 6.61 Å². The van der Waals surface area contributed by atoms with Crippen LogP contribution in [0.4, 0.5) is 0 Å². The van der Waals surface area contributed by atoms with E-state index in [4.69, 9.17) is 9.84 Å². The first kappa shape index (κ1) is 6.95. The number of methoxy groups -OCH3 is 1. The number of ether oxygens (including phenoxy) is 1. The molecule has 0 aliphatic heterocycles. The summed E-state index contributed by atoms with van der Waals surface area (Å²) in [4.78, 5) is 7.65. The van der Waals surface area contributed by atoms with E-state index in [0.29, 0.717) is 11.6 Å². The van der Waals surface area contributed by atoms with E-state index in [1.165, 1.54) is 19.5 Å². The van der Waals surface area contributed by atoms with Crippen LogP contribution in [0.25, 0.3) is 0 Å². The minimum atomic E-state index is -0.0863. The minimum absolute atomic E-state index is 0.0863. The van der Waals surface area contributed by atoms with Gasteiger partial charge in [-0.2, -0.15) is 0 Å². The van der Waals surface area contributed by atoms with Gasteiger partial charge in [0.25, 0.3) is 0 Å². The Balaban J connectivity index is 2.80. The average Bonchev–Trinajstić information content (AvgIpc) is 2.05. The molecule has 1 heterocycles. The van der Waals surface area contributed by atoms with Gasteiger partial charge in [0.15, 0.2) is 0 Å². The van der Waals surface area contributed by atoms with Gasteiger partial charge < -0.3 is 9.84 Å². The molecule has 1 aromatic rings. The van der Waals surface area contributed by atoms with Gasteiger partial charge in [0.2, 0.25) is 5.88 Å². The SMILES string of the molecule is COc1cnc(CO)cn1. The largest absolute Gasteiger partial charge is 0.480 e. The Morgan fingerprint density at radius 1 is 1.50 bits per heavy atom. The van der Waals surface area contributed by atoms with Gasteiger partial charge in [-0.15, -0.1) is 0 Å². The van der Waals surface area contributed by atoms with E-state index < -0.39 is 0 Å². The van der Waals surface area contributed by atoms with Crippen molar-refractivity contribution >= 4 is 0 Å². The quantitative estimate of drug-likeness (QED) is 0.627. The Labute approximate surface area is 58.5 Å². The number of rotatable bonds is 2. The van der Waals surface area contributed by atoms with Gasteiger partial charge in [-0.3, -0.25) is 4.98 Å². The van der Waals surface area contributed by atoms with Gasteiger partial charge in [-0.1, -0.05) is 0 Å². The smallest absolute Gasteiger partial charge is 0.231 e. The van der Waals surface area contributed by atoms with Crippen molar-refractivity contribution in [3.05, 3.63) is 18.1 Å². The molecule has 0 amide bonds. The minimum Gasteiger partial charge on any atom is -0.480 e. The fourth-order valence-corrected chi connectivity index (χ4v) is 0.530. The van der Waals surface area contributed by atoms with Crippen molar-refractivity contribution in [1.29, 1.82) is 0 Å². The highest BCUT2D eigenvalue weighted by atomic mass is 16.5. The van der Waals surface area contributed by atoms with E-state index >= 15 is 0 Å². The first-order chi connectivity index (χ1) is 4.86. The van der Waals surface area contributed by atoms with Crippen LogP contribution in [0.1, 0.15) is 5.69 Å². The molecular formula is C6H8N2O2. The third-order valence-corrected chi connectivity index (χ3v) is 1.05. The summed E-state index contributed by atoms with van der Waals surface area (Å²) in [5, 5.41) is 8.56. The molecule has 0 aromatic carbocycles. The zero-order valence-electron chi connectivity index (χ0n) is 5.61. The normalized spacial score (nSPS) is 9.40. The van der Waals surface area contributed by atoms with Gasteiger partial charge >= 0.3 is 0 Å². The Morgan fingerprint density at radius 3 is 2.70 bits per heavy atom. The molecule has 54 valence electrons. The van der Waals surface area contributed by atoms with Gasteiger partial charge in [-0.25, -0.2) is 4.98 Å². The molecule has 1 aromatic heterocycles. The summed E-state index contributed by atoms with van der Waals surface area (Å²) in [6.45, 7) is -0.0863. The zero-order chi connectivity index (χ0) is 7.40. The molecule has 0 unspecified atom stereocenters.